The van der Waals surface area contributed by atoms with Crippen LogP contribution >= 0.6 is 50.7 Å². The van der Waals surface area contributed by atoms with E-state index in [1.165, 1.54) is 60.1 Å². The van der Waals surface area contributed by atoms with E-state index >= 15 is 0 Å². The number of carbonyl (C=O) groups excluding carboxylic acids is 6. The second-order valence-corrected chi connectivity index (χ2v) is 38.6. The topological polar surface area (TPSA) is 608 Å². The average Bonchev–Trinajstić information content (AvgIpc) is 0.992. The first-order valence-corrected chi connectivity index (χ1v) is 46.3. The van der Waals surface area contributed by atoms with Gasteiger partial charge in [0.2, 0.25) is 21.8 Å². The Morgan fingerprint density at radius 2 is 0.891 bits per heavy atom. The summed E-state index contributed by atoms with van der Waals surface area (Å²) in [5.74, 6) is 1.45. The predicted octanol–water partition coefficient (Wildman–Crippen LogP) is 1.97. The summed E-state index contributed by atoms with van der Waals surface area (Å²) < 4.78 is 86.5. The van der Waals surface area contributed by atoms with Crippen LogP contribution in [-0.4, -0.2) is 354 Å². The van der Waals surface area contributed by atoms with E-state index in [9.17, 15) is 52.6 Å². The number of aromatic amines is 1. The molecule has 5 atom stereocenters. The number of nitrogens with two attached hydrogens (primary N) is 1. The zero-order valence-electron chi connectivity index (χ0n) is 81.7. The number of carbonyl (C=O) groups is 6. The van der Waals surface area contributed by atoms with Crippen molar-refractivity contribution in [1.82, 2.24) is 104 Å². The van der Waals surface area contributed by atoms with E-state index in [-0.39, 0.29) is 241 Å². The number of morpholine rings is 5. The Bertz CT molecular complexity index is 4910. The second kappa shape index (κ2) is 62.7. The largest absolute Gasteiger partial charge is 1.00 e. The van der Waals surface area contributed by atoms with Crippen LogP contribution in [0.15, 0.2) is 79.1 Å². The zero-order valence-corrected chi connectivity index (χ0v) is 97.9. The summed E-state index contributed by atoms with van der Waals surface area (Å²) in [7, 11) is -3.50. The van der Waals surface area contributed by atoms with Crippen molar-refractivity contribution in [3.63, 3.8) is 0 Å². The van der Waals surface area contributed by atoms with Gasteiger partial charge in [-0.3, -0.25) is 48.4 Å². The van der Waals surface area contributed by atoms with Gasteiger partial charge < -0.3 is 99.2 Å². The predicted molar refractivity (Wildman–Crippen MR) is 490 cm³/mol. The van der Waals surface area contributed by atoms with Gasteiger partial charge >= 0.3 is 180 Å². The summed E-state index contributed by atoms with van der Waals surface area (Å²) in [4.78, 5) is 132. The van der Waals surface area contributed by atoms with Crippen LogP contribution in [0.4, 0.5) is 47.0 Å². The first kappa shape index (κ1) is 125. The molecule has 760 valence electrons. The smallest absolute Gasteiger partial charge is 1.00 e. The number of halogens is 4. The maximum atomic E-state index is 12.2. The van der Waals surface area contributed by atoms with Gasteiger partial charge in [-0.25, -0.2) is 58.9 Å². The number of nitrogens with one attached hydrogen (secondary N) is 1. The molecule has 0 bridgehead atoms. The summed E-state index contributed by atoms with van der Waals surface area (Å²) in [6.45, 7) is 37.3. The van der Waals surface area contributed by atoms with Crippen molar-refractivity contribution >= 4 is 121 Å². The minimum atomic E-state index is -3.50. The van der Waals surface area contributed by atoms with E-state index in [2.05, 4.69) is 95.3 Å². The van der Waals surface area contributed by atoms with Crippen molar-refractivity contribution in [1.29, 1.82) is 0 Å². The third-order valence-corrected chi connectivity index (χ3v) is 18.9. The number of H-pyrrole nitrogens is 1. The van der Waals surface area contributed by atoms with Gasteiger partial charge in [-0.15, -0.1) is 0 Å². The molecular weight excluding hydrogens is 2210 g/mol. The summed E-state index contributed by atoms with van der Waals surface area (Å²) >= 11 is 19.7. The second-order valence-electron chi connectivity index (χ2n) is 35.0. The van der Waals surface area contributed by atoms with Crippen molar-refractivity contribution in [2.45, 2.75) is 208 Å². The molecule has 7 aromatic rings. The van der Waals surface area contributed by atoms with Gasteiger partial charge in [-0.05, 0) is 179 Å². The van der Waals surface area contributed by atoms with E-state index in [1.54, 1.807) is 80.7 Å². The molecule has 6 aliphatic rings. The van der Waals surface area contributed by atoms with Crippen LogP contribution in [0.5, 0.6) is 0 Å². The number of aromatic nitrogens is 16. The molecule has 6 aliphatic heterocycles. The molecule has 0 radical (unpaired) electrons. The average molecular weight is 2340 g/mol. The number of amides is 5. The molecule has 5 amide bonds. The van der Waals surface area contributed by atoms with Crippen LogP contribution in [0.25, 0.3) is 0 Å². The Labute approximate surface area is 942 Å². The fourth-order valence-electron chi connectivity index (χ4n) is 11.8. The summed E-state index contributed by atoms with van der Waals surface area (Å²) in [6.07, 6.45) is 20.5. The van der Waals surface area contributed by atoms with Gasteiger partial charge in [0.05, 0.1) is 168 Å². The number of nitro groups is 2. The molecule has 0 unspecified atom stereocenters. The molecule has 51 nitrogen and oxygen atoms in total. The van der Waals surface area contributed by atoms with Crippen LogP contribution in [0.1, 0.15) is 136 Å². The van der Waals surface area contributed by atoms with Gasteiger partial charge in [0.15, 0.2) is 0 Å². The van der Waals surface area contributed by atoms with Crippen LogP contribution in [0.2, 0.25) is 15.9 Å². The number of hydrogen-bond acceptors (Lipinski definition) is 40. The van der Waals surface area contributed by atoms with Crippen LogP contribution in [-0.2, 0) is 97.4 Å². The van der Waals surface area contributed by atoms with Crippen LogP contribution < -0.4 is 154 Å². The number of aliphatic hydroxyl groups excluding tert-OH is 1. The molecule has 13 heterocycles. The first-order valence-electron chi connectivity index (χ1n) is 42.5. The molecule has 138 heavy (non-hydrogen) atoms. The minimum absolute atomic E-state index is 0. The number of ether oxygens (including phenoxy) is 10. The van der Waals surface area contributed by atoms with Gasteiger partial charge in [0.1, 0.15) is 71.2 Å². The third kappa shape index (κ3) is 54.6. The van der Waals surface area contributed by atoms with E-state index in [1.807, 2.05) is 89.3 Å². The van der Waals surface area contributed by atoms with E-state index < -0.39 is 60.2 Å². The fraction of sp³-hybridized carbons (Fsp3) is 0.650. The summed E-state index contributed by atoms with van der Waals surface area (Å²) in [5, 5.41) is 56.3. The fourth-order valence-corrected chi connectivity index (χ4v) is 12.8. The molecule has 0 aromatic carbocycles. The Morgan fingerprint density at radius 3 is 1.22 bits per heavy atom. The van der Waals surface area contributed by atoms with Crippen LogP contribution in [0.3, 0.4) is 0 Å². The molecule has 6 fully saturated rings. The number of piperidine rings is 1. The molecular formula is C80H123BrCl3Cs2N25O26S. The maximum Gasteiger partial charge on any atom is 1.00 e. The van der Waals surface area contributed by atoms with Crippen LogP contribution in [0, 0.1) is 20.2 Å². The van der Waals surface area contributed by atoms with Crippen molar-refractivity contribution in [2.24, 2.45) is 0 Å². The maximum absolute atomic E-state index is 12.2. The Morgan fingerprint density at radius 1 is 0.529 bits per heavy atom. The van der Waals surface area contributed by atoms with Gasteiger partial charge in [0.25, 0.3) is 16.6 Å². The van der Waals surface area contributed by atoms with Crippen molar-refractivity contribution < 1.29 is 253 Å². The molecule has 58 heteroatoms. The van der Waals surface area contributed by atoms with Gasteiger partial charge in [-0.2, -0.15) is 33.8 Å². The van der Waals surface area contributed by atoms with E-state index in [0.717, 1.165) is 41.5 Å². The minimum Gasteiger partial charge on any atom is -1.00 e. The molecule has 0 saturated carbocycles. The standard InChI is InChI=1S/C17H23ClN6O3.C13H20N4O5.C13H22N4O3.C11H21NO6S.C10H19NO4.C9H12BrN3.C3HCl2N3.C3H3N3O2.CH2O3.2Cs.H/c1-17(2,3)27-16(25)23-4-5-26-13(9-23)10-24-8-12(7-21-24)6-14-19-11-20-15(18)22-14;1-13(2,3)22-12(18)15-4-5-21-11(8-15)9-16-7-10(6-14-16)17(19)20;1-13(2,3)20-12(18)16-4-5-19-11(8-16)9-17-7-10(14)6-15-17;1-11(2,3)18-10(13)12-5-6-16-9(7-12)8-17-19(4,14)15;1-10(2,3)15-9(13)11-4-5-14-8(6-11)7-12;10-8-6-11-9(12-7-8)13-4-2-1-3-5-13;4-2-6-1-7-3(5)8-2;7-6(8)3-1-4-5-2-3;2-1-4-3;;;/h7-8,11,13H,4-6,9-10H2,1-3H3;6-7,11H,4-5,8-9H2,1-3H3;6-7,11H,4-5,8-9,14H2,1-3H3;9H,5-8H2,1-4H3;8,12H,4-7H2,1-3H3;6-7H,1-5H2;1H;1-2H,(H,4,5);1,3H;;;/q;;;;;;;;;2*+1;-1/p-1/t13-;2*11-;9-;8-;;;;;;;/m00000......./s1. The van der Waals surface area contributed by atoms with Crippen molar-refractivity contribution in [2.75, 3.05) is 142 Å². The Balaban J connectivity index is 0.000000544. The Kier molecular flexibility index (Phi) is 57.0. The quantitative estimate of drug-likeness (QED) is 0.0311. The molecule has 6 saturated heterocycles. The molecule has 0 aliphatic carbocycles. The molecule has 13 rings (SSSR count). The summed E-state index contributed by atoms with van der Waals surface area (Å²) in [5.41, 5.74) is 4.52. The van der Waals surface area contributed by atoms with Crippen molar-refractivity contribution in [3.8, 4) is 0 Å². The molecule has 7 aromatic heterocycles. The normalized spacial score (nSPS) is 17.7. The van der Waals surface area contributed by atoms with Crippen molar-refractivity contribution in [3.05, 3.63) is 127 Å². The number of nitrogens with zero attached hydrogens (tertiary/aromatic N) is 23. The molecule has 0 spiro atoms. The molecule has 4 N–H and O–H groups in total. The monoisotopic (exact) mass is 2330 g/mol. The SMILES string of the molecule is Brc1cnc(N2CCCCC2)nc1.CC(C)(C)OC(=O)N1CCO[C@H](CO)C1.CC(C)(C)OC(=O)N1CCO[C@H](COS(C)(=O)=O)C1.CC(C)(C)OC(=O)N1CCO[C@H](Cn2cc(Cc3ncnc(Cl)n3)cn2)C1.CC(C)(C)OC(=O)N1CCO[C@H](Cn2cc(N)cn2)C1.CC(C)(C)OC(=O)N1CCO[C@H](Cn2cc([N+](=O)[O-])cn2)C1.Clc1ncnc(Cl)n1.O=CO[O-].O=[N+]([O-])c1cn[nH]c1.[Cs+].[Cs+].[H-]. The summed E-state index contributed by atoms with van der Waals surface area (Å²) in [6, 6.07) is 0. The first-order chi connectivity index (χ1) is 63.7. The van der Waals surface area contributed by atoms with E-state index in [0.29, 0.717) is 130 Å². The van der Waals surface area contributed by atoms with Gasteiger partial charge in [-0.1, -0.05) is 0 Å². The van der Waals surface area contributed by atoms with Gasteiger partial charge in [0, 0.05) is 77.0 Å². The Hall–Kier alpha value is -6.76. The number of anilines is 2. The number of hydrogen-bond donors (Lipinski definition) is 3. The number of nitrogen functional groups attached to an aromatic ring is 1. The zero-order chi connectivity index (χ0) is 101. The number of aliphatic hydroxyl groups is 1. The third-order valence-electron chi connectivity index (χ3n) is 17.4. The number of rotatable bonds is 16. The van der Waals surface area contributed by atoms with E-state index in [4.69, 9.17) is 103 Å².